The van der Waals surface area contributed by atoms with Gasteiger partial charge in [0, 0.05) is 17.3 Å². The number of nitrogens with one attached hydrogen (secondary N) is 1. The van der Waals surface area contributed by atoms with Gasteiger partial charge in [0.15, 0.2) is 11.5 Å². The summed E-state index contributed by atoms with van der Waals surface area (Å²) >= 11 is 0. The van der Waals surface area contributed by atoms with Gasteiger partial charge < -0.3 is 14.6 Å². The molecule has 0 aliphatic carbocycles. The fraction of sp³-hybridized carbons (Fsp3) is 0.0556. The minimum absolute atomic E-state index is 0.175. The maximum absolute atomic E-state index is 12.5. The summed E-state index contributed by atoms with van der Waals surface area (Å²) in [6, 6.07) is 16.0. The minimum atomic E-state index is -0.382. The average Bonchev–Trinajstić information content (AvgIpc) is 3.40. The molecule has 0 saturated carbocycles. The van der Waals surface area contributed by atoms with E-state index in [0.717, 1.165) is 17.0 Å². The Bertz CT molecular complexity index is 1060. The summed E-state index contributed by atoms with van der Waals surface area (Å²) in [4.78, 5) is 12.5. The second-order valence-electron chi connectivity index (χ2n) is 5.56. The molecule has 0 fully saturated rings. The maximum Gasteiger partial charge on any atom is 0.277 e. The van der Waals surface area contributed by atoms with E-state index in [1.54, 1.807) is 31.4 Å². The van der Waals surface area contributed by atoms with Crippen LogP contribution < -0.4 is 10.1 Å². The molecule has 2 aromatic carbocycles. The molecular formula is C18H14N6O3. The minimum Gasteiger partial charge on any atom is -0.497 e. The number of anilines is 1. The number of benzene rings is 2. The van der Waals surface area contributed by atoms with Gasteiger partial charge >= 0.3 is 0 Å². The number of carbonyl (C=O) groups excluding carboxylic acids is 1. The van der Waals surface area contributed by atoms with Gasteiger partial charge in [0.1, 0.15) is 12.1 Å². The molecule has 134 valence electrons. The summed E-state index contributed by atoms with van der Waals surface area (Å²) in [5, 5.41) is 17.6. The first-order chi connectivity index (χ1) is 13.2. The topological polar surface area (TPSA) is 108 Å². The van der Waals surface area contributed by atoms with Gasteiger partial charge in [0.25, 0.3) is 5.91 Å². The van der Waals surface area contributed by atoms with Gasteiger partial charge in [0.05, 0.1) is 12.8 Å². The van der Waals surface area contributed by atoms with Crippen LogP contribution in [0, 0.1) is 0 Å². The number of hydrogen-bond donors (Lipinski definition) is 1. The third-order valence-corrected chi connectivity index (χ3v) is 3.83. The summed E-state index contributed by atoms with van der Waals surface area (Å²) < 4.78 is 11.9. The van der Waals surface area contributed by atoms with Gasteiger partial charge in [-0.3, -0.25) is 4.79 Å². The Labute approximate surface area is 153 Å². The number of amides is 1. The predicted octanol–water partition coefficient (Wildman–Crippen LogP) is 2.58. The molecule has 2 aromatic heterocycles. The molecule has 0 aliphatic rings. The van der Waals surface area contributed by atoms with E-state index in [2.05, 4.69) is 26.0 Å². The fourth-order valence-electron chi connectivity index (χ4n) is 2.47. The number of tetrazole rings is 1. The van der Waals surface area contributed by atoms with Crippen LogP contribution in [0.4, 0.5) is 5.69 Å². The highest BCUT2D eigenvalue weighted by atomic mass is 16.5. The van der Waals surface area contributed by atoms with Crippen LogP contribution in [0.5, 0.6) is 5.75 Å². The van der Waals surface area contributed by atoms with Gasteiger partial charge in [-0.15, -0.1) is 5.10 Å². The first-order valence-electron chi connectivity index (χ1n) is 7.99. The SMILES string of the molecule is COc1ccc(-c2cc(C(=O)Nc3cccc(-n4cnnn4)c3)no2)cc1. The Morgan fingerprint density at radius 2 is 2.00 bits per heavy atom. The van der Waals surface area contributed by atoms with Crippen molar-refractivity contribution >= 4 is 11.6 Å². The quantitative estimate of drug-likeness (QED) is 0.581. The summed E-state index contributed by atoms with van der Waals surface area (Å²) in [6.07, 6.45) is 1.47. The third-order valence-electron chi connectivity index (χ3n) is 3.83. The van der Waals surface area contributed by atoms with Crippen molar-refractivity contribution in [2.45, 2.75) is 0 Å². The van der Waals surface area contributed by atoms with E-state index in [4.69, 9.17) is 9.26 Å². The van der Waals surface area contributed by atoms with Crippen LogP contribution >= 0.6 is 0 Å². The van der Waals surface area contributed by atoms with E-state index >= 15 is 0 Å². The molecule has 0 atom stereocenters. The van der Waals surface area contributed by atoms with Gasteiger partial charge in [0.2, 0.25) is 0 Å². The summed E-state index contributed by atoms with van der Waals surface area (Å²) in [7, 11) is 1.60. The smallest absolute Gasteiger partial charge is 0.277 e. The van der Waals surface area contributed by atoms with E-state index in [1.165, 1.54) is 11.0 Å². The molecule has 0 bridgehead atoms. The highest BCUT2D eigenvalue weighted by Crippen LogP contribution is 2.23. The van der Waals surface area contributed by atoms with Crippen molar-refractivity contribution in [2.75, 3.05) is 12.4 Å². The number of rotatable bonds is 5. The van der Waals surface area contributed by atoms with Gasteiger partial charge in [-0.25, -0.2) is 4.68 Å². The Morgan fingerprint density at radius 1 is 1.15 bits per heavy atom. The normalized spacial score (nSPS) is 10.6. The van der Waals surface area contributed by atoms with Crippen molar-refractivity contribution < 1.29 is 14.1 Å². The molecule has 27 heavy (non-hydrogen) atoms. The molecule has 2 heterocycles. The molecular weight excluding hydrogens is 348 g/mol. The summed E-state index contributed by atoms with van der Waals surface area (Å²) in [6.45, 7) is 0. The lowest BCUT2D eigenvalue weighted by atomic mass is 10.1. The molecule has 0 saturated heterocycles. The zero-order valence-corrected chi connectivity index (χ0v) is 14.2. The number of aromatic nitrogens is 5. The largest absolute Gasteiger partial charge is 0.497 e. The van der Waals surface area contributed by atoms with Crippen molar-refractivity contribution in [1.82, 2.24) is 25.4 Å². The highest BCUT2D eigenvalue weighted by molar-refractivity contribution is 6.03. The lowest BCUT2D eigenvalue weighted by molar-refractivity contribution is 0.101. The van der Waals surface area contributed by atoms with Gasteiger partial charge in [-0.2, -0.15) is 0 Å². The number of nitrogens with zero attached hydrogens (tertiary/aromatic N) is 5. The van der Waals surface area contributed by atoms with E-state index in [9.17, 15) is 4.79 Å². The monoisotopic (exact) mass is 362 g/mol. The van der Waals surface area contributed by atoms with Crippen LogP contribution in [0.15, 0.2) is 65.4 Å². The maximum atomic E-state index is 12.5. The molecule has 1 N–H and O–H groups in total. The van der Waals surface area contributed by atoms with Crippen molar-refractivity contribution in [3.63, 3.8) is 0 Å². The molecule has 0 unspecified atom stereocenters. The number of carbonyl (C=O) groups is 1. The van der Waals surface area contributed by atoms with Gasteiger partial charge in [-0.1, -0.05) is 11.2 Å². The van der Waals surface area contributed by atoms with Crippen molar-refractivity contribution in [1.29, 1.82) is 0 Å². The van der Waals surface area contributed by atoms with Crippen LogP contribution in [0.2, 0.25) is 0 Å². The molecule has 1 amide bonds. The Morgan fingerprint density at radius 3 is 2.74 bits per heavy atom. The van der Waals surface area contributed by atoms with E-state index < -0.39 is 0 Å². The van der Waals surface area contributed by atoms with Crippen LogP contribution in [-0.4, -0.2) is 38.4 Å². The third kappa shape index (κ3) is 3.52. The Balaban J connectivity index is 1.50. The zero-order valence-electron chi connectivity index (χ0n) is 14.2. The Kier molecular flexibility index (Phi) is 4.32. The van der Waals surface area contributed by atoms with E-state index in [-0.39, 0.29) is 11.6 Å². The van der Waals surface area contributed by atoms with E-state index in [1.807, 2.05) is 30.3 Å². The standard InChI is InChI=1S/C18H14N6O3/c1-26-15-7-5-12(6-8-15)17-10-16(21-27-17)18(25)20-13-3-2-4-14(9-13)24-11-19-22-23-24/h2-11H,1H3,(H,20,25). The van der Waals surface area contributed by atoms with Crippen LogP contribution in [0.3, 0.4) is 0 Å². The van der Waals surface area contributed by atoms with Crippen LogP contribution in [0.25, 0.3) is 17.0 Å². The highest BCUT2D eigenvalue weighted by Gasteiger charge is 2.14. The number of ether oxygens (including phenoxy) is 1. The lowest BCUT2D eigenvalue weighted by Gasteiger charge is -2.05. The van der Waals surface area contributed by atoms with Crippen LogP contribution in [0.1, 0.15) is 10.5 Å². The average molecular weight is 362 g/mol. The fourth-order valence-corrected chi connectivity index (χ4v) is 2.47. The molecule has 9 heteroatoms. The predicted molar refractivity (Wildman–Crippen MR) is 95.6 cm³/mol. The first-order valence-corrected chi connectivity index (χ1v) is 7.99. The summed E-state index contributed by atoms with van der Waals surface area (Å²) in [5.74, 6) is 0.844. The first kappa shape index (κ1) is 16.5. The van der Waals surface area contributed by atoms with Crippen molar-refractivity contribution in [3.05, 3.63) is 66.6 Å². The van der Waals surface area contributed by atoms with E-state index in [0.29, 0.717) is 11.4 Å². The van der Waals surface area contributed by atoms with Crippen molar-refractivity contribution in [2.24, 2.45) is 0 Å². The molecule has 0 aliphatic heterocycles. The second kappa shape index (κ2) is 7.08. The lowest BCUT2D eigenvalue weighted by Crippen LogP contribution is -2.12. The summed E-state index contributed by atoms with van der Waals surface area (Å²) in [5.41, 5.74) is 2.27. The molecule has 0 radical (unpaired) electrons. The number of methoxy groups -OCH3 is 1. The molecule has 4 rings (SSSR count). The Hall–Kier alpha value is -4.01. The molecule has 9 nitrogen and oxygen atoms in total. The zero-order chi connectivity index (χ0) is 18.6. The second-order valence-corrected chi connectivity index (χ2v) is 5.56. The molecule has 4 aromatic rings. The molecule has 0 spiro atoms. The van der Waals surface area contributed by atoms with Gasteiger partial charge in [-0.05, 0) is 52.9 Å². The number of hydrogen-bond acceptors (Lipinski definition) is 7. The van der Waals surface area contributed by atoms with Crippen LogP contribution in [-0.2, 0) is 0 Å². The van der Waals surface area contributed by atoms with Crippen molar-refractivity contribution in [3.8, 4) is 22.8 Å².